The van der Waals surface area contributed by atoms with E-state index >= 15 is 0 Å². The molecule has 0 radical (unpaired) electrons. The SMILES string of the molecule is Cc1ccc2c(c1)NC(SCC(=O)N1CCC[C@H](C)C1)=NS2(=O)=O. The van der Waals surface area contributed by atoms with Crippen LogP contribution in [-0.4, -0.2) is 43.2 Å². The number of nitrogens with zero attached hydrogens (tertiary/aromatic N) is 2. The van der Waals surface area contributed by atoms with Crippen LogP contribution in [0.1, 0.15) is 25.3 Å². The molecule has 8 heteroatoms. The van der Waals surface area contributed by atoms with Crippen LogP contribution in [0.25, 0.3) is 0 Å². The lowest BCUT2D eigenvalue weighted by molar-refractivity contribution is -0.129. The predicted octanol–water partition coefficient (Wildman–Crippen LogP) is 2.46. The summed E-state index contributed by atoms with van der Waals surface area (Å²) in [5, 5.41) is 3.28. The van der Waals surface area contributed by atoms with Crippen LogP contribution in [-0.2, 0) is 14.8 Å². The molecule has 1 saturated heterocycles. The average molecular weight is 367 g/mol. The third-order valence-corrected chi connectivity index (χ3v) is 6.51. The van der Waals surface area contributed by atoms with Crippen molar-refractivity contribution in [2.24, 2.45) is 10.3 Å². The number of hydrogen-bond donors (Lipinski definition) is 1. The molecule has 0 aromatic heterocycles. The molecule has 0 unspecified atom stereocenters. The minimum Gasteiger partial charge on any atom is -0.342 e. The van der Waals surface area contributed by atoms with Gasteiger partial charge >= 0.3 is 0 Å². The van der Waals surface area contributed by atoms with Gasteiger partial charge in [-0.2, -0.15) is 8.42 Å². The van der Waals surface area contributed by atoms with Crippen molar-refractivity contribution in [2.75, 3.05) is 24.2 Å². The molecule has 0 aliphatic carbocycles. The molecule has 24 heavy (non-hydrogen) atoms. The molecule has 0 bridgehead atoms. The van der Waals surface area contributed by atoms with Crippen molar-refractivity contribution in [3.8, 4) is 0 Å². The lowest BCUT2D eigenvalue weighted by atomic mass is 10.0. The number of carbonyl (C=O) groups excluding carboxylic acids is 1. The van der Waals surface area contributed by atoms with Gasteiger partial charge in [0.25, 0.3) is 10.0 Å². The van der Waals surface area contributed by atoms with E-state index in [1.165, 1.54) is 0 Å². The molecule has 6 nitrogen and oxygen atoms in total. The van der Waals surface area contributed by atoms with E-state index in [4.69, 9.17) is 0 Å². The van der Waals surface area contributed by atoms with Crippen molar-refractivity contribution in [1.29, 1.82) is 0 Å². The van der Waals surface area contributed by atoms with Crippen LogP contribution in [0.3, 0.4) is 0 Å². The third kappa shape index (κ3) is 3.75. The summed E-state index contributed by atoms with van der Waals surface area (Å²) in [6, 6.07) is 5.07. The first-order chi connectivity index (χ1) is 11.3. The quantitative estimate of drug-likeness (QED) is 0.869. The van der Waals surface area contributed by atoms with Crippen molar-refractivity contribution in [1.82, 2.24) is 4.90 Å². The predicted molar refractivity (Wildman–Crippen MR) is 96.9 cm³/mol. The number of thioether (sulfide) groups is 1. The number of aryl methyl sites for hydroxylation is 1. The van der Waals surface area contributed by atoms with Gasteiger partial charge in [0.2, 0.25) is 5.91 Å². The van der Waals surface area contributed by atoms with E-state index in [1.54, 1.807) is 18.2 Å². The highest BCUT2D eigenvalue weighted by atomic mass is 32.2. The lowest BCUT2D eigenvalue weighted by Gasteiger charge is -2.31. The number of carbonyl (C=O) groups is 1. The van der Waals surface area contributed by atoms with Crippen LogP contribution in [0.4, 0.5) is 5.69 Å². The molecule has 1 fully saturated rings. The number of amides is 1. The van der Waals surface area contributed by atoms with E-state index in [0.29, 0.717) is 11.6 Å². The Balaban J connectivity index is 1.68. The Morgan fingerprint density at radius 1 is 1.46 bits per heavy atom. The first-order valence-electron chi connectivity index (χ1n) is 7.98. The highest BCUT2D eigenvalue weighted by molar-refractivity contribution is 8.15. The van der Waals surface area contributed by atoms with Crippen LogP contribution in [0, 0.1) is 12.8 Å². The highest BCUT2D eigenvalue weighted by Gasteiger charge is 2.26. The van der Waals surface area contributed by atoms with Gasteiger partial charge in [0.1, 0.15) is 4.90 Å². The number of amidine groups is 1. The van der Waals surface area contributed by atoms with E-state index in [2.05, 4.69) is 16.6 Å². The maximum atomic E-state index is 12.3. The van der Waals surface area contributed by atoms with E-state index in [9.17, 15) is 13.2 Å². The fourth-order valence-electron chi connectivity index (χ4n) is 2.96. The second-order valence-electron chi connectivity index (χ2n) is 6.37. The molecule has 0 saturated carbocycles. The van der Waals surface area contributed by atoms with Gasteiger partial charge in [-0.05, 0) is 43.4 Å². The summed E-state index contributed by atoms with van der Waals surface area (Å²) in [5.41, 5.74) is 1.48. The molecule has 1 aromatic carbocycles. The average Bonchev–Trinajstić information content (AvgIpc) is 2.51. The van der Waals surface area contributed by atoms with Gasteiger partial charge in [-0.3, -0.25) is 4.79 Å². The van der Waals surface area contributed by atoms with Gasteiger partial charge in [0.15, 0.2) is 5.17 Å². The highest BCUT2D eigenvalue weighted by Crippen LogP contribution is 2.30. The van der Waals surface area contributed by atoms with Gasteiger partial charge < -0.3 is 10.2 Å². The number of benzene rings is 1. The zero-order valence-corrected chi connectivity index (χ0v) is 15.4. The van der Waals surface area contributed by atoms with Crippen LogP contribution in [0.5, 0.6) is 0 Å². The summed E-state index contributed by atoms with van der Waals surface area (Å²) in [6.07, 6.45) is 2.18. The Morgan fingerprint density at radius 2 is 2.25 bits per heavy atom. The fraction of sp³-hybridized carbons (Fsp3) is 0.500. The Hall–Kier alpha value is -1.54. The molecule has 2 aliphatic rings. The smallest absolute Gasteiger partial charge is 0.286 e. The molecule has 2 heterocycles. The number of hydrogen-bond acceptors (Lipinski definition) is 5. The number of anilines is 1. The Labute approximate surface area is 146 Å². The summed E-state index contributed by atoms with van der Waals surface area (Å²) < 4.78 is 28.3. The van der Waals surface area contributed by atoms with Crippen molar-refractivity contribution < 1.29 is 13.2 Å². The molecule has 1 amide bonds. The van der Waals surface area contributed by atoms with Crippen LogP contribution >= 0.6 is 11.8 Å². The molecule has 1 aromatic rings. The molecule has 130 valence electrons. The molecule has 1 atom stereocenters. The number of nitrogens with one attached hydrogen (secondary N) is 1. The molecule has 1 N–H and O–H groups in total. The van der Waals surface area contributed by atoms with E-state index in [-0.39, 0.29) is 21.7 Å². The van der Waals surface area contributed by atoms with Crippen LogP contribution in [0.15, 0.2) is 27.5 Å². The number of rotatable bonds is 2. The summed E-state index contributed by atoms with van der Waals surface area (Å²) in [7, 11) is -3.71. The second kappa shape index (κ2) is 6.76. The molecule has 2 aliphatic heterocycles. The number of sulfonamides is 1. The van der Waals surface area contributed by atoms with Gasteiger partial charge in [-0.15, -0.1) is 4.40 Å². The summed E-state index contributed by atoms with van der Waals surface area (Å²) in [6.45, 7) is 5.60. The molecule has 3 rings (SSSR count). The zero-order valence-electron chi connectivity index (χ0n) is 13.8. The zero-order chi connectivity index (χ0) is 17.3. The third-order valence-electron chi connectivity index (χ3n) is 4.20. The van der Waals surface area contributed by atoms with Gasteiger partial charge in [-0.25, -0.2) is 0 Å². The Bertz CT molecular complexity index is 790. The molecular formula is C16H21N3O3S2. The maximum Gasteiger partial charge on any atom is 0.286 e. The maximum absolute atomic E-state index is 12.3. The number of likely N-dealkylation sites (tertiary alicyclic amines) is 1. The van der Waals surface area contributed by atoms with Crippen molar-refractivity contribution in [3.63, 3.8) is 0 Å². The van der Waals surface area contributed by atoms with Gasteiger partial charge in [0.05, 0.1) is 11.4 Å². The molecular weight excluding hydrogens is 346 g/mol. The topological polar surface area (TPSA) is 78.8 Å². The normalized spacial score (nSPS) is 22.3. The fourth-order valence-corrected chi connectivity index (χ4v) is 5.08. The summed E-state index contributed by atoms with van der Waals surface area (Å²) in [4.78, 5) is 14.4. The Morgan fingerprint density at radius 3 is 3.00 bits per heavy atom. The van der Waals surface area contributed by atoms with E-state index in [1.807, 2.05) is 11.8 Å². The second-order valence-corrected chi connectivity index (χ2v) is 8.91. The van der Waals surface area contributed by atoms with Crippen molar-refractivity contribution in [2.45, 2.75) is 31.6 Å². The number of fused-ring (bicyclic) bond motifs is 1. The first kappa shape index (κ1) is 17.3. The monoisotopic (exact) mass is 367 g/mol. The van der Waals surface area contributed by atoms with Gasteiger partial charge in [0, 0.05) is 13.1 Å². The minimum absolute atomic E-state index is 0.0310. The van der Waals surface area contributed by atoms with E-state index in [0.717, 1.165) is 43.3 Å². The lowest BCUT2D eigenvalue weighted by Crippen LogP contribution is -2.40. The first-order valence-corrected chi connectivity index (χ1v) is 10.4. The van der Waals surface area contributed by atoms with Crippen molar-refractivity contribution in [3.05, 3.63) is 23.8 Å². The standard InChI is InChI=1S/C16H21N3O3S2/c1-11-5-6-14-13(8-11)17-16(18-24(14,21)22)23-10-15(20)19-7-3-4-12(2)9-19/h5-6,8,12H,3-4,7,9-10H2,1-2H3,(H,17,18)/t12-/m0/s1. The number of piperidine rings is 1. The molecule has 0 spiro atoms. The van der Waals surface area contributed by atoms with E-state index < -0.39 is 10.0 Å². The summed E-state index contributed by atoms with van der Waals surface area (Å²) >= 11 is 1.14. The van der Waals surface area contributed by atoms with Crippen molar-refractivity contribution >= 4 is 38.5 Å². The van der Waals surface area contributed by atoms with Crippen LogP contribution < -0.4 is 5.32 Å². The minimum atomic E-state index is -3.71. The van der Waals surface area contributed by atoms with Crippen LogP contribution in [0.2, 0.25) is 0 Å². The van der Waals surface area contributed by atoms with Gasteiger partial charge in [-0.1, -0.05) is 24.8 Å². The summed E-state index contributed by atoms with van der Waals surface area (Å²) in [5.74, 6) is 0.742. The largest absolute Gasteiger partial charge is 0.342 e. The Kier molecular flexibility index (Phi) is 4.87.